The highest BCUT2D eigenvalue weighted by Gasteiger charge is 2.25. The van der Waals surface area contributed by atoms with Crippen molar-refractivity contribution in [3.63, 3.8) is 0 Å². The Hall–Kier alpha value is -1.81. The van der Waals surface area contributed by atoms with E-state index in [1.807, 2.05) is 35.2 Å². The first-order valence-corrected chi connectivity index (χ1v) is 6.13. The third kappa shape index (κ3) is 2.38. The maximum Gasteiger partial charge on any atom is 0.188 e. The van der Waals surface area contributed by atoms with Gasteiger partial charge in [0, 0.05) is 24.9 Å². The van der Waals surface area contributed by atoms with E-state index in [4.69, 9.17) is 9.47 Å². The van der Waals surface area contributed by atoms with Crippen molar-refractivity contribution in [3.05, 3.63) is 42.5 Å². The minimum absolute atomic E-state index is 0.274. The lowest BCUT2D eigenvalue weighted by Crippen LogP contribution is -1.99. The highest BCUT2D eigenvalue weighted by molar-refractivity contribution is 5.38. The van der Waals surface area contributed by atoms with Crippen molar-refractivity contribution in [3.8, 4) is 11.4 Å². The summed E-state index contributed by atoms with van der Waals surface area (Å²) in [5.74, 6) is 1.50. The van der Waals surface area contributed by atoms with Gasteiger partial charge in [-0.2, -0.15) is 0 Å². The van der Waals surface area contributed by atoms with Crippen molar-refractivity contribution in [2.45, 2.75) is 18.8 Å². The predicted octanol–water partition coefficient (Wildman–Crippen LogP) is 2.73. The Kier molecular flexibility index (Phi) is 3.02. The van der Waals surface area contributed by atoms with Crippen LogP contribution in [0.4, 0.5) is 0 Å². The van der Waals surface area contributed by atoms with Crippen LogP contribution in [0.15, 0.2) is 36.8 Å². The summed E-state index contributed by atoms with van der Waals surface area (Å²) in [7, 11) is 1.61. The lowest BCUT2D eigenvalue weighted by Gasteiger charge is -2.06. The highest BCUT2D eigenvalue weighted by atomic mass is 16.7. The van der Waals surface area contributed by atoms with E-state index < -0.39 is 0 Å². The molecule has 18 heavy (non-hydrogen) atoms. The number of hydrogen-bond donors (Lipinski definition) is 0. The van der Waals surface area contributed by atoms with Gasteiger partial charge in [-0.1, -0.05) is 0 Å². The molecule has 0 amide bonds. The molecule has 0 atom stereocenters. The molecule has 1 heterocycles. The topological polar surface area (TPSA) is 36.3 Å². The molecule has 1 aliphatic carbocycles. The van der Waals surface area contributed by atoms with Crippen molar-refractivity contribution in [1.82, 2.24) is 9.55 Å². The Morgan fingerprint density at radius 3 is 2.72 bits per heavy atom. The minimum atomic E-state index is 0.274. The largest absolute Gasteiger partial charge is 0.468 e. The van der Waals surface area contributed by atoms with Crippen LogP contribution in [-0.2, 0) is 4.74 Å². The van der Waals surface area contributed by atoms with Crippen LogP contribution in [0.1, 0.15) is 24.5 Å². The molecule has 1 fully saturated rings. The van der Waals surface area contributed by atoms with Crippen molar-refractivity contribution in [1.29, 1.82) is 0 Å². The Bertz CT molecular complexity index is 515. The molecule has 1 aromatic heterocycles. The predicted molar refractivity (Wildman–Crippen MR) is 68.0 cm³/mol. The number of imidazole rings is 1. The molecule has 0 bridgehead atoms. The summed E-state index contributed by atoms with van der Waals surface area (Å²) in [6.45, 7) is 0.274. The van der Waals surface area contributed by atoms with Gasteiger partial charge in [0.25, 0.3) is 0 Å². The molecule has 0 unspecified atom stereocenters. The third-order valence-corrected chi connectivity index (χ3v) is 3.08. The number of benzene rings is 1. The molecule has 1 aliphatic rings. The molecule has 0 spiro atoms. The van der Waals surface area contributed by atoms with Gasteiger partial charge < -0.3 is 14.0 Å². The summed E-state index contributed by atoms with van der Waals surface area (Å²) in [6.07, 6.45) is 6.54. The maximum atomic E-state index is 5.35. The Labute approximate surface area is 106 Å². The van der Waals surface area contributed by atoms with E-state index in [1.165, 1.54) is 18.5 Å². The molecule has 0 saturated heterocycles. The molecule has 0 radical (unpaired) electrons. The second kappa shape index (κ2) is 4.82. The lowest BCUT2D eigenvalue weighted by molar-refractivity contribution is 0.0511. The zero-order valence-electron chi connectivity index (χ0n) is 10.4. The van der Waals surface area contributed by atoms with Gasteiger partial charge in [-0.05, 0) is 37.1 Å². The molecule has 4 nitrogen and oxygen atoms in total. The fraction of sp³-hybridized carbons (Fsp3) is 0.357. The van der Waals surface area contributed by atoms with Gasteiger partial charge in [-0.3, -0.25) is 0 Å². The summed E-state index contributed by atoms with van der Waals surface area (Å²) in [5, 5.41) is 0. The summed E-state index contributed by atoms with van der Waals surface area (Å²) < 4.78 is 12.3. The van der Waals surface area contributed by atoms with E-state index in [2.05, 4.69) is 11.2 Å². The summed E-state index contributed by atoms with van der Waals surface area (Å²) in [5.41, 5.74) is 2.30. The molecule has 4 heteroatoms. The summed E-state index contributed by atoms with van der Waals surface area (Å²) in [4.78, 5) is 4.44. The van der Waals surface area contributed by atoms with Crippen LogP contribution >= 0.6 is 0 Å². The molecular formula is C14H16N2O2. The summed E-state index contributed by atoms with van der Waals surface area (Å²) >= 11 is 0. The van der Waals surface area contributed by atoms with Gasteiger partial charge in [-0.25, -0.2) is 4.98 Å². The van der Waals surface area contributed by atoms with Crippen molar-refractivity contribution in [2.75, 3.05) is 13.9 Å². The van der Waals surface area contributed by atoms with E-state index in [0.717, 1.165) is 11.4 Å². The average molecular weight is 244 g/mol. The van der Waals surface area contributed by atoms with Crippen molar-refractivity contribution >= 4 is 0 Å². The van der Waals surface area contributed by atoms with E-state index in [1.54, 1.807) is 7.11 Å². The van der Waals surface area contributed by atoms with Crippen LogP contribution in [0.3, 0.4) is 0 Å². The molecule has 1 saturated carbocycles. The fourth-order valence-corrected chi connectivity index (χ4v) is 1.91. The molecule has 3 rings (SSSR count). The summed E-state index contributed by atoms with van der Waals surface area (Å²) in [6, 6.07) is 7.91. The average Bonchev–Trinajstić information content (AvgIpc) is 3.15. The minimum Gasteiger partial charge on any atom is -0.468 e. The van der Waals surface area contributed by atoms with E-state index >= 15 is 0 Å². The third-order valence-electron chi connectivity index (χ3n) is 3.08. The first-order chi connectivity index (χ1) is 8.86. The number of rotatable bonds is 5. The second-order valence-electron chi connectivity index (χ2n) is 4.52. The van der Waals surface area contributed by atoms with E-state index in [-0.39, 0.29) is 6.79 Å². The van der Waals surface area contributed by atoms with Crippen LogP contribution in [-0.4, -0.2) is 23.5 Å². The highest BCUT2D eigenvalue weighted by Crippen LogP contribution is 2.39. The maximum absolute atomic E-state index is 5.35. The molecular weight excluding hydrogens is 228 g/mol. The quantitative estimate of drug-likeness (QED) is 0.759. The van der Waals surface area contributed by atoms with Crippen LogP contribution < -0.4 is 4.74 Å². The first-order valence-electron chi connectivity index (χ1n) is 6.13. The fourth-order valence-electron chi connectivity index (χ4n) is 1.91. The normalized spacial score (nSPS) is 14.7. The van der Waals surface area contributed by atoms with Gasteiger partial charge in [0.05, 0.1) is 12.0 Å². The van der Waals surface area contributed by atoms with Gasteiger partial charge in [0.15, 0.2) is 6.79 Å². The molecule has 1 aromatic carbocycles. The van der Waals surface area contributed by atoms with Gasteiger partial charge >= 0.3 is 0 Å². The number of methoxy groups -OCH3 is 1. The Morgan fingerprint density at radius 1 is 1.28 bits per heavy atom. The number of ether oxygens (including phenoxy) is 2. The molecule has 2 aromatic rings. The van der Waals surface area contributed by atoms with Gasteiger partial charge in [-0.15, -0.1) is 0 Å². The van der Waals surface area contributed by atoms with Crippen molar-refractivity contribution in [2.24, 2.45) is 0 Å². The molecule has 0 aliphatic heterocycles. The smallest absolute Gasteiger partial charge is 0.188 e. The molecule has 0 N–H and O–H groups in total. The van der Waals surface area contributed by atoms with Gasteiger partial charge in [0.2, 0.25) is 0 Å². The van der Waals surface area contributed by atoms with Crippen LogP contribution in [0, 0.1) is 0 Å². The number of nitrogens with zero attached hydrogens (tertiary/aromatic N) is 2. The second-order valence-corrected chi connectivity index (χ2v) is 4.52. The first kappa shape index (κ1) is 11.3. The van der Waals surface area contributed by atoms with Crippen LogP contribution in [0.2, 0.25) is 0 Å². The van der Waals surface area contributed by atoms with Crippen LogP contribution in [0.5, 0.6) is 5.75 Å². The lowest BCUT2D eigenvalue weighted by atomic mass is 10.3. The SMILES string of the molecule is COCOc1ccc(-n2cnc(C3CC3)c2)cc1. The zero-order chi connectivity index (χ0) is 12.4. The Morgan fingerprint density at radius 2 is 2.06 bits per heavy atom. The number of hydrogen-bond acceptors (Lipinski definition) is 3. The van der Waals surface area contributed by atoms with Crippen molar-refractivity contribution < 1.29 is 9.47 Å². The standard InChI is InChI=1S/C14H16N2O2/c1-17-10-18-13-6-4-12(5-7-13)16-8-14(15-9-16)11-2-3-11/h4-9,11H,2-3,10H2,1H3. The van der Waals surface area contributed by atoms with Crippen LogP contribution in [0.25, 0.3) is 5.69 Å². The Balaban J connectivity index is 1.74. The van der Waals surface area contributed by atoms with Gasteiger partial charge in [0.1, 0.15) is 5.75 Å². The van der Waals surface area contributed by atoms with E-state index in [9.17, 15) is 0 Å². The number of aromatic nitrogens is 2. The van der Waals surface area contributed by atoms with E-state index in [0.29, 0.717) is 5.92 Å². The molecule has 94 valence electrons. The monoisotopic (exact) mass is 244 g/mol. The zero-order valence-corrected chi connectivity index (χ0v) is 10.4.